The standard InChI is InChI=1S/C12H20O4/c1-5-6(2)8(4)10(12(15)16)9(7(5)3)11(13)14/h5-10H,1-4H3,(H,13,14)(H,15,16). The second-order valence-electron chi connectivity index (χ2n) is 5.16. The van der Waals surface area contributed by atoms with Gasteiger partial charge < -0.3 is 10.2 Å². The van der Waals surface area contributed by atoms with E-state index in [9.17, 15) is 19.8 Å². The van der Waals surface area contributed by atoms with Gasteiger partial charge in [-0.25, -0.2) is 0 Å². The molecule has 0 spiro atoms. The molecule has 0 heterocycles. The molecule has 1 aliphatic rings. The van der Waals surface area contributed by atoms with Crippen LogP contribution in [0.15, 0.2) is 0 Å². The van der Waals surface area contributed by atoms with Crippen LogP contribution in [0.4, 0.5) is 0 Å². The van der Waals surface area contributed by atoms with Gasteiger partial charge in [0.05, 0.1) is 11.8 Å². The van der Waals surface area contributed by atoms with Crippen molar-refractivity contribution < 1.29 is 19.8 Å². The van der Waals surface area contributed by atoms with E-state index < -0.39 is 23.8 Å². The zero-order valence-corrected chi connectivity index (χ0v) is 10.2. The Morgan fingerprint density at radius 1 is 0.688 bits per heavy atom. The van der Waals surface area contributed by atoms with Crippen LogP contribution in [0.3, 0.4) is 0 Å². The molecule has 92 valence electrons. The van der Waals surface area contributed by atoms with Crippen molar-refractivity contribution in [3.05, 3.63) is 0 Å². The second kappa shape index (κ2) is 4.44. The molecule has 1 saturated carbocycles. The van der Waals surface area contributed by atoms with E-state index in [2.05, 4.69) is 0 Å². The van der Waals surface area contributed by atoms with E-state index in [-0.39, 0.29) is 23.7 Å². The molecule has 0 aromatic heterocycles. The van der Waals surface area contributed by atoms with Crippen molar-refractivity contribution in [1.82, 2.24) is 0 Å². The highest BCUT2D eigenvalue weighted by molar-refractivity contribution is 5.80. The van der Waals surface area contributed by atoms with Gasteiger partial charge in [0.1, 0.15) is 0 Å². The predicted octanol–water partition coefficient (Wildman–Crippen LogP) is 1.95. The molecule has 0 saturated heterocycles. The van der Waals surface area contributed by atoms with E-state index in [1.165, 1.54) is 0 Å². The highest BCUT2D eigenvalue weighted by Gasteiger charge is 2.49. The van der Waals surface area contributed by atoms with E-state index >= 15 is 0 Å². The fourth-order valence-electron chi connectivity index (χ4n) is 3.02. The molecule has 0 aromatic rings. The first-order valence-corrected chi connectivity index (χ1v) is 5.74. The van der Waals surface area contributed by atoms with Gasteiger partial charge >= 0.3 is 11.9 Å². The van der Waals surface area contributed by atoms with Crippen molar-refractivity contribution in [2.45, 2.75) is 27.7 Å². The minimum Gasteiger partial charge on any atom is -0.481 e. The van der Waals surface area contributed by atoms with Gasteiger partial charge in [0.2, 0.25) is 0 Å². The summed E-state index contributed by atoms with van der Waals surface area (Å²) in [6.45, 7) is 7.73. The van der Waals surface area contributed by atoms with Crippen LogP contribution in [0, 0.1) is 35.5 Å². The lowest BCUT2D eigenvalue weighted by molar-refractivity contribution is -0.165. The minimum atomic E-state index is -0.981. The summed E-state index contributed by atoms with van der Waals surface area (Å²) in [5.74, 6) is -3.19. The molecule has 4 nitrogen and oxygen atoms in total. The summed E-state index contributed by atoms with van der Waals surface area (Å²) in [5.41, 5.74) is 0. The summed E-state index contributed by atoms with van der Waals surface area (Å²) in [6.07, 6.45) is 0. The van der Waals surface area contributed by atoms with Gasteiger partial charge in [0, 0.05) is 0 Å². The Balaban J connectivity index is 3.10. The molecule has 0 aromatic carbocycles. The zero-order valence-electron chi connectivity index (χ0n) is 10.2. The molecule has 2 N–H and O–H groups in total. The van der Waals surface area contributed by atoms with Gasteiger partial charge in [-0.1, -0.05) is 27.7 Å². The lowest BCUT2D eigenvalue weighted by Crippen LogP contribution is -2.48. The van der Waals surface area contributed by atoms with Crippen LogP contribution in [0.5, 0.6) is 0 Å². The third kappa shape index (κ3) is 1.93. The molecular weight excluding hydrogens is 208 g/mol. The normalized spacial score (nSPS) is 44.0. The number of carboxylic acid groups (broad SMARTS) is 2. The van der Waals surface area contributed by atoms with Crippen LogP contribution < -0.4 is 0 Å². The number of carbonyl (C=O) groups is 2. The first kappa shape index (κ1) is 13.0. The van der Waals surface area contributed by atoms with Gasteiger partial charge in [-0.15, -0.1) is 0 Å². The summed E-state index contributed by atoms with van der Waals surface area (Å²) >= 11 is 0. The Hall–Kier alpha value is -1.06. The van der Waals surface area contributed by atoms with E-state index in [1.807, 2.05) is 27.7 Å². The number of rotatable bonds is 2. The Morgan fingerprint density at radius 2 is 0.938 bits per heavy atom. The molecule has 1 rings (SSSR count). The summed E-state index contributed by atoms with van der Waals surface area (Å²) < 4.78 is 0. The van der Waals surface area contributed by atoms with Gasteiger partial charge in [0.15, 0.2) is 0 Å². The molecule has 4 heteroatoms. The highest BCUT2D eigenvalue weighted by Crippen LogP contribution is 2.45. The molecule has 0 bridgehead atoms. The lowest BCUT2D eigenvalue weighted by atomic mass is 9.59. The second-order valence-corrected chi connectivity index (χ2v) is 5.16. The van der Waals surface area contributed by atoms with Crippen LogP contribution >= 0.6 is 0 Å². The molecule has 6 atom stereocenters. The average molecular weight is 228 g/mol. The van der Waals surface area contributed by atoms with Gasteiger partial charge in [-0.3, -0.25) is 9.59 Å². The third-order valence-corrected chi connectivity index (χ3v) is 4.58. The Morgan fingerprint density at radius 3 is 1.12 bits per heavy atom. The first-order chi connectivity index (χ1) is 7.29. The molecule has 6 unspecified atom stereocenters. The van der Waals surface area contributed by atoms with Crippen molar-refractivity contribution in [3.8, 4) is 0 Å². The fraction of sp³-hybridized carbons (Fsp3) is 0.833. The maximum absolute atomic E-state index is 11.2. The Bertz CT molecular complexity index is 269. The topological polar surface area (TPSA) is 74.6 Å². The number of hydrogen-bond acceptors (Lipinski definition) is 2. The molecule has 1 aliphatic carbocycles. The van der Waals surface area contributed by atoms with Crippen LogP contribution in [0.2, 0.25) is 0 Å². The summed E-state index contributed by atoms with van der Waals surface area (Å²) in [6, 6.07) is 0. The van der Waals surface area contributed by atoms with Crippen LogP contribution in [0.1, 0.15) is 27.7 Å². The van der Waals surface area contributed by atoms with Crippen molar-refractivity contribution >= 4 is 11.9 Å². The maximum atomic E-state index is 11.2. The fourth-order valence-corrected chi connectivity index (χ4v) is 3.02. The van der Waals surface area contributed by atoms with Crippen LogP contribution in [0.25, 0.3) is 0 Å². The third-order valence-electron chi connectivity index (χ3n) is 4.58. The number of hydrogen-bond donors (Lipinski definition) is 2. The van der Waals surface area contributed by atoms with Crippen LogP contribution in [-0.4, -0.2) is 22.2 Å². The average Bonchev–Trinajstić information content (AvgIpc) is 2.18. The van der Waals surface area contributed by atoms with Crippen LogP contribution in [-0.2, 0) is 9.59 Å². The quantitative estimate of drug-likeness (QED) is 0.757. The summed E-state index contributed by atoms with van der Waals surface area (Å²) in [7, 11) is 0. The van der Waals surface area contributed by atoms with E-state index in [0.717, 1.165) is 0 Å². The van der Waals surface area contributed by atoms with E-state index in [4.69, 9.17) is 0 Å². The van der Waals surface area contributed by atoms with E-state index in [0.29, 0.717) is 0 Å². The first-order valence-electron chi connectivity index (χ1n) is 5.74. The summed E-state index contributed by atoms with van der Waals surface area (Å²) in [4.78, 5) is 22.4. The van der Waals surface area contributed by atoms with Gasteiger partial charge in [-0.05, 0) is 23.7 Å². The minimum absolute atomic E-state index is 0.0928. The van der Waals surface area contributed by atoms with Crippen molar-refractivity contribution in [2.24, 2.45) is 35.5 Å². The largest absolute Gasteiger partial charge is 0.481 e. The molecule has 16 heavy (non-hydrogen) atoms. The smallest absolute Gasteiger partial charge is 0.307 e. The molecular formula is C12H20O4. The number of carboxylic acids is 2. The van der Waals surface area contributed by atoms with Crippen molar-refractivity contribution in [3.63, 3.8) is 0 Å². The monoisotopic (exact) mass is 228 g/mol. The SMILES string of the molecule is CC1C(C)C(C)C(C(=O)O)C(C(=O)O)C1C. The molecule has 1 fully saturated rings. The molecule has 0 aliphatic heterocycles. The zero-order chi connectivity index (χ0) is 12.6. The van der Waals surface area contributed by atoms with Gasteiger partial charge in [0.25, 0.3) is 0 Å². The molecule has 0 radical (unpaired) electrons. The maximum Gasteiger partial charge on any atom is 0.307 e. The van der Waals surface area contributed by atoms with Crippen molar-refractivity contribution in [2.75, 3.05) is 0 Å². The van der Waals surface area contributed by atoms with Gasteiger partial charge in [-0.2, -0.15) is 0 Å². The predicted molar refractivity (Wildman–Crippen MR) is 58.9 cm³/mol. The summed E-state index contributed by atoms with van der Waals surface area (Å²) in [5, 5.41) is 18.4. The van der Waals surface area contributed by atoms with Crippen molar-refractivity contribution in [1.29, 1.82) is 0 Å². The number of aliphatic carboxylic acids is 2. The Labute approximate surface area is 95.7 Å². The highest BCUT2D eigenvalue weighted by atomic mass is 16.4. The van der Waals surface area contributed by atoms with E-state index in [1.54, 1.807) is 0 Å². The molecule has 0 amide bonds. The Kier molecular flexibility index (Phi) is 3.61. The lowest BCUT2D eigenvalue weighted by Gasteiger charge is -2.44.